The van der Waals surface area contributed by atoms with Gasteiger partial charge in [-0.25, -0.2) is 0 Å². The van der Waals surface area contributed by atoms with Crippen molar-refractivity contribution in [1.82, 2.24) is 5.73 Å². The molecule has 0 saturated carbocycles. The molecule has 0 aliphatic heterocycles. The Labute approximate surface area is 76.5 Å². The summed E-state index contributed by atoms with van der Waals surface area (Å²) in [6.07, 6.45) is 5.07. The SMILES string of the molecule is CCCCC(CC)COCC[NH]. The lowest BCUT2D eigenvalue weighted by Gasteiger charge is -2.13. The second-order valence-corrected chi connectivity index (χ2v) is 3.24. The van der Waals surface area contributed by atoms with Crippen molar-refractivity contribution in [3.8, 4) is 0 Å². The van der Waals surface area contributed by atoms with E-state index >= 15 is 0 Å². The van der Waals surface area contributed by atoms with Gasteiger partial charge in [0.25, 0.3) is 0 Å². The maximum atomic E-state index is 6.92. The molecule has 0 bridgehead atoms. The Morgan fingerprint density at radius 3 is 2.58 bits per heavy atom. The average molecular weight is 172 g/mol. The van der Waals surface area contributed by atoms with E-state index in [9.17, 15) is 0 Å². The highest BCUT2D eigenvalue weighted by molar-refractivity contribution is 4.55. The smallest absolute Gasteiger partial charge is 0.0605 e. The average Bonchev–Trinajstić information content (AvgIpc) is 2.11. The first kappa shape index (κ1) is 11.9. The Bertz CT molecular complexity index is 85.9. The molecule has 1 radical (unpaired) electrons. The lowest BCUT2D eigenvalue weighted by Crippen LogP contribution is -2.11. The van der Waals surface area contributed by atoms with Crippen LogP contribution in [0.15, 0.2) is 0 Å². The Kier molecular flexibility index (Phi) is 8.95. The van der Waals surface area contributed by atoms with Crippen molar-refractivity contribution in [2.75, 3.05) is 19.8 Å². The van der Waals surface area contributed by atoms with Gasteiger partial charge >= 0.3 is 0 Å². The van der Waals surface area contributed by atoms with Crippen molar-refractivity contribution in [1.29, 1.82) is 0 Å². The molecule has 0 aliphatic rings. The first-order chi connectivity index (χ1) is 5.85. The molecule has 0 rings (SSSR count). The van der Waals surface area contributed by atoms with Gasteiger partial charge in [0, 0.05) is 13.2 Å². The van der Waals surface area contributed by atoms with Crippen molar-refractivity contribution in [3.63, 3.8) is 0 Å². The van der Waals surface area contributed by atoms with E-state index in [2.05, 4.69) is 13.8 Å². The zero-order chi connectivity index (χ0) is 9.23. The molecule has 0 aromatic rings. The van der Waals surface area contributed by atoms with E-state index in [0.717, 1.165) is 12.5 Å². The fraction of sp³-hybridized carbons (Fsp3) is 1.00. The van der Waals surface area contributed by atoms with Crippen LogP contribution in [0.25, 0.3) is 0 Å². The van der Waals surface area contributed by atoms with Crippen LogP contribution < -0.4 is 5.73 Å². The third-order valence-corrected chi connectivity index (χ3v) is 2.14. The van der Waals surface area contributed by atoms with Gasteiger partial charge in [0.05, 0.1) is 6.61 Å². The fourth-order valence-corrected chi connectivity index (χ4v) is 1.22. The monoisotopic (exact) mass is 172 g/mol. The van der Waals surface area contributed by atoms with Crippen LogP contribution in [0.1, 0.15) is 39.5 Å². The molecular formula is C10H22NO. The molecule has 2 heteroatoms. The molecule has 0 fully saturated rings. The number of unbranched alkanes of at least 4 members (excludes halogenated alkanes) is 1. The molecule has 0 aromatic heterocycles. The summed E-state index contributed by atoms with van der Waals surface area (Å²) in [4.78, 5) is 0. The maximum Gasteiger partial charge on any atom is 0.0605 e. The number of hydrogen-bond donors (Lipinski definition) is 0. The van der Waals surface area contributed by atoms with E-state index in [-0.39, 0.29) is 0 Å². The topological polar surface area (TPSA) is 33.0 Å². The zero-order valence-corrected chi connectivity index (χ0v) is 8.44. The molecule has 1 N–H and O–H groups in total. The van der Waals surface area contributed by atoms with Gasteiger partial charge in [-0.2, -0.15) is 0 Å². The van der Waals surface area contributed by atoms with Crippen LogP contribution in [0.5, 0.6) is 0 Å². The van der Waals surface area contributed by atoms with Gasteiger partial charge in [-0.3, -0.25) is 5.73 Å². The molecule has 0 spiro atoms. The minimum atomic E-state index is 0.393. The summed E-state index contributed by atoms with van der Waals surface area (Å²) in [5, 5.41) is 0. The Morgan fingerprint density at radius 1 is 1.33 bits per heavy atom. The molecule has 0 amide bonds. The summed E-state index contributed by atoms with van der Waals surface area (Å²) in [5.41, 5.74) is 6.92. The number of nitrogens with one attached hydrogen (secondary N) is 1. The van der Waals surface area contributed by atoms with Crippen LogP contribution in [0.2, 0.25) is 0 Å². The minimum Gasteiger partial charge on any atom is -0.380 e. The van der Waals surface area contributed by atoms with Gasteiger partial charge in [-0.05, 0) is 12.3 Å². The summed E-state index contributed by atoms with van der Waals surface area (Å²) in [7, 11) is 0. The lowest BCUT2D eigenvalue weighted by atomic mass is 10.0. The molecular weight excluding hydrogens is 150 g/mol. The van der Waals surface area contributed by atoms with Crippen LogP contribution in [0.4, 0.5) is 0 Å². The van der Waals surface area contributed by atoms with Crippen molar-refractivity contribution in [3.05, 3.63) is 0 Å². The predicted molar refractivity (Wildman–Crippen MR) is 52.1 cm³/mol. The second-order valence-electron chi connectivity index (χ2n) is 3.24. The van der Waals surface area contributed by atoms with Gasteiger partial charge in [0.1, 0.15) is 0 Å². The molecule has 2 nitrogen and oxygen atoms in total. The first-order valence-corrected chi connectivity index (χ1v) is 5.07. The van der Waals surface area contributed by atoms with Crippen molar-refractivity contribution < 1.29 is 4.74 Å². The Morgan fingerprint density at radius 2 is 2.08 bits per heavy atom. The quantitative estimate of drug-likeness (QED) is 0.518. The van der Waals surface area contributed by atoms with Crippen molar-refractivity contribution in [2.45, 2.75) is 39.5 Å². The van der Waals surface area contributed by atoms with Gasteiger partial charge in [-0.15, -0.1) is 0 Å². The fourth-order valence-electron chi connectivity index (χ4n) is 1.22. The van der Waals surface area contributed by atoms with Gasteiger partial charge in [-0.1, -0.05) is 33.1 Å². The van der Waals surface area contributed by atoms with Crippen LogP contribution in [-0.2, 0) is 4.74 Å². The first-order valence-electron chi connectivity index (χ1n) is 5.07. The lowest BCUT2D eigenvalue weighted by molar-refractivity contribution is 0.0991. The van der Waals surface area contributed by atoms with E-state index in [0.29, 0.717) is 13.2 Å². The molecule has 73 valence electrons. The van der Waals surface area contributed by atoms with Crippen LogP contribution in [0.3, 0.4) is 0 Å². The molecule has 1 atom stereocenters. The summed E-state index contributed by atoms with van der Waals surface area (Å²) in [5.74, 6) is 0.719. The summed E-state index contributed by atoms with van der Waals surface area (Å²) in [6, 6.07) is 0. The third-order valence-electron chi connectivity index (χ3n) is 2.14. The summed E-state index contributed by atoms with van der Waals surface area (Å²) < 4.78 is 5.35. The molecule has 0 saturated heterocycles. The van der Waals surface area contributed by atoms with Gasteiger partial charge in [0.15, 0.2) is 0 Å². The summed E-state index contributed by atoms with van der Waals surface area (Å²) >= 11 is 0. The highest BCUT2D eigenvalue weighted by Crippen LogP contribution is 2.12. The van der Waals surface area contributed by atoms with E-state index in [4.69, 9.17) is 10.5 Å². The number of ether oxygens (including phenoxy) is 1. The Balaban J connectivity index is 3.26. The normalized spacial score (nSPS) is 13.2. The zero-order valence-electron chi connectivity index (χ0n) is 8.44. The number of hydrogen-bond acceptors (Lipinski definition) is 1. The standard InChI is InChI=1S/C10H22NO/c1-3-5-6-10(4-2)9-12-8-7-11/h10-11H,3-9H2,1-2H3. The van der Waals surface area contributed by atoms with Gasteiger partial charge < -0.3 is 4.74 Å². The third kappa shape index (κ3) is 6.62. The summed E-state index contributed by atoms with van der Waals surface area (Å²) in [6.45, 7) is 6.28. The van der Waals surface area contributed by atoms with Crippen molar-refractivity contribution in [2.24, 2.45) is 5.92 Å². The van der Waals surface area contributed by atoms with E-state index in [1.807, 2.05) is 0 Å². The highest BCUT2D eigenvalue weighted by atomic mass is 16.5. The molecule has 1 unspecified atom stereocenters. The predicted octanol–water partition coefficient (Wildman–Crippen LogP) is 2.50. The molecule has 0 aliphatic carbocycles. The Hall–Kier alpha value is -0.0800. The largest absolute Gasteiger partial charge is 0.380 e. The van der Waals surface area contributed by atoms with Crippen molar-refractivity contribution >= 4 is 0 Å². The van der Waals surface area contributed by atoms with Gasteiger partial charge in [0.2, 0.25) is 0 Å². The minimum absolute atomic E-state index is 0.393. The molecule has 0 aromatic carbocycles. The van der Waals surface area contributed by atoms with E-state index in [1.165, 1.54) is 25.7 Å². The van der Waals surface area contributed by atoms with Crippen LogP contribution in [-0.4, -0.2) is 19.8 Å². The highest BCUT2D eigenvalue weighted by Gasteiger charge is 2.04. The maximum absolute atomic E-state index is 6.92. The van der Waals surface area contributed by atoms with Crippen LogP contribution in [0, 0.1) is 5.92 Å². The molecule has 12 heavy (non-hydrogen) atoms. The van der Waals surface area contributed by atoms with E-state index < -0.39 is 0 Å². The number of rotatable bonds is 8. The van der Waals surface area contributed by atoms with E-state index in [1.54, 1.807) is 0 Å². The second kappa shape index (κ2) is 9.01. The van der Waals surface area contributed by atoms with Crippen LogP contribution >= 0.6 is 0 Å². The molecule has 0 heterocycles.